The standard InChI is InChI=1S/C16H21N3O3S2.ClH/c17-9-1-2-10-18-15(20)12-13-5-7-14(8-6-13)19-24(21,22)16-4-3-11-23-16;/h3-8,11,19H,1-2,9-10,12,17H2,(H,18,20);1H. The quantitative estimate of drug-likeness (QED) is 0.559. The Morgan fingerprint density at radius 2 is 1.84 bits per heavy atom. The minimum absolute atomic E-state index is 0. The SMILES string of the molecule is Cl.NCCCCNC(=O)Cc1ccc(NS(=O)(=O)c2cccs2)cc1. The fourth-order valence-electron chi connectivity index (χ4n) is 2.06. The van der Waals surface area contributed by atoms with Crippen LogP contribution in [-0.2, 0) is 21.2 Å². The molecule has 1 heterocycles. The third-order valence-corrected chi connectivity index (χ3v) is 6.06. The summed E-state index contributed by atoms with van der Waals surface area (Å²) in [6.45, 7) is 1.24. The smallest absolute Gasteiger partial charge is 0.271 e. The molecule has 0 saturated carbocycles. The molecule has 0 unspecified atom stereocenters. The average molecular weight is 404 g/mol. The van der Waals surface area contributed by atoms with Gasteiger partial charge in [0.25, 0.3) is 10.0 Å². The highest BCUT2D eigenvalue weighted by Gasteiger charge is 2.15. The number of unbranched alkanes of at least 4 members (excludes halogenated alkanes) is 1. The van der Waals surface area contributed by atoms with Crippen LogP contribution in [0.25, 0.3) is 0 Å². The van der Waals surface area contributed by atoms with Crippen LogP contribution in [0.15, 0.2) is 46.0 Å². The summed E-state index contributed by atoms with van der Waals surface area (Å²) in [4.78, 5) is 11.8. The lowest BCUT2D eigenvalue weighted by Crippen LogP contribution is -2.26. The van der Waals surface area contributed by atoms with E-state index in [1.165, 1.54) is 0 Å². The summed E-state index contributed by atoms with van der Waals surface area (Å²) in [7, 11) is -3.54. The molecular formula is C16H22ClN3O3S2. The molecule has 2 aromatic rings. The Kier molecular flexibility index (Phi) is 8.91. The molecule has 2 rings (SSSR count). The Morgan fingerprint density at radius 3 is 2.44 bits per heavy atom. The number of rotatable bonds is 9. The highest BCUT2D eigenvalue weighted by Crippen LogP contribution is 2.20. The molecule has 0 bridgehead atoms. The first kappa shape index (κ1) is 21.4. The van der Waals surface area contributed by atoms with Crippen molar-refractivity contribution in [1.29, 1.82) is 0 Å². The van der Waals surface area contributed by atoms with E-state index >= 15 is 0 Å². The van der Waals surface area contributed by atoms with Gasteiger partial charge in [-0.25, -0.2) is 8.42 Å². The highest BCUT2D eigenvalue weighted by molar-refractivity contribution is 7.94. The van der Waals surface area contributed by atoms with Crippen LogP contribution in [0.3, 0.4) is 0 Å². The number of carbonyl (C=O) groups excluding carboxylic acids is 1. The van der Waals surface area contributed by atoms with Gasteiger partial charge in [0.05, 0.1) is 6.42 Å². The maximum absolute atomic E-state index is 12.1. The predicted octanol–water partition coefficient (Wildman–Crippen LogP) is 2.37. The lowest BCUT2D eigenvalue weighted by Gasteiger charge is -2.08. The molecule has 1 aromatic heterocycles. The zero-order valence-corrected chi connectivity index (χ0v) is 16.1. The highest BCUT2D eigenvalue weighted by atomic mass is 35.5. The van der Waals surface area contributed by atoms with Crippen molar-refractivity contribution in [3.63, 3.8) is 0 Å². The fraction of sp³-hybridized carbons (Fsp3) is 0.312. The van der Waals surface area contributed by atoms with Crippen LogP contribution in [0.4, 0.5) is 5.69 Å². The molecule has 0 aliphatic heterocycles. The summed E-state index contributed by atoms with van der Waals surface area (Å²) in [5.74, 6) is -0.0565. The molecule has 4 N–H and O–H groups in total. The van der Waals surface area contributed by atoms with Crippen LogP contribution >= 0.6 is 23.7 Å². The van der Waals surface area contributed by atoms with Crippen molar-refractivity contribution in [1.82, 2.24) is 5.32 Å². The molecule has 0 aliphatic carbocycles. The molecule has 9 heteroatoms. The summed E-state index contributed by atoms with van der Waals surface area (Å²) in [5.41, 5.74) is 6.69. The lowest BCUT2D eigenvalue weighted by molar-refractivity contribution is -0.120. The number of anilines is 1. The zero-order valence-electron chi connectivity index (χ0n) is 13.6. The normalized spacial score (nSPS) is 10.8. The van der Waals surface area contributed by atoms with Gasteiger partial charge in [0.15, 0.2) is 0 Å². The van der Waals surface area contributed by atoms with Crippen molar-refractivity contribution in [3.05, 3.63) is 47.3 Å². The van der Waals surface area contributed by atoms with E-state index in [-0.39, 0.29) is 28.9 Å². The number of carbonyl (C=O) groups is 1. The first-order valence-corrected chi connectivity index (χ1v) is 9.99. The van der Waals surface area contributed by atoms with Crippen LogP contribution in [0, 0.1) is 0 Å². The van der Waals surface area contributed by atoms with Gasteiger partial charge in [-0.05, 0) is 48.5 Å². The first-order valence-electron chi connectivity index (χ1n) is 7.63. The van der Waals surface area contributed by atoms with E-state index in [1.54, 1.807) is 41.8 Å². The van der Waals surface area contributed by atoms with Crippen molar-refractivity contribution in [2.24, 2.45) is 5.73 Å². The van der Waals surface area contributed by atoms with Crippen molar-refractivity contribution < 1.29 is 13.2 Å². The van der Waals surface area contributed by atoms with Gasteiger partial charge in [0.2, 0.25) is 5.91 Å². The third-order valence-electron chi connectivity index (χ3n) is 3.28. The van der Waals surface area contributed by atoms with E-state index in [9.17, 15) is 13.2 Å². The van der Waals surface area contributed by atoms with E-state index < -0.39 is 10.0 Å². The predicted molar refractivity (Wildman–Crippen MR) is 104 cm³/mol. The second kappa shape index (κ2) is 10.4. The summed E-state index contributed by atoms with van der Waals surface area (Å²) in [6, 6.07) is 10.0. The zero-order chi connectivity index (χ0) is 17.4. The Hall–Kier alpha value is -1.61. The Balaban J connectivity index is 0.00000312. The maximum Gasteiger partial charge on any atom is 0.271 e. The van der Waals surface area contributed by atoms with Crippen molar-refractivity contribution in [2.45, 2.75) is 23.5 Å². The molecule has 0 radical (unpaired) electrons. The van der Waals surface area contributed by atoms with Gasteiger partial charge in [-0.1, -0.05) is 18.2 Å². The Labute approximate surface area is 158 Å². The van der Waals surface area contributed by atoms with Crippen molar-refractivity contribution >= 4 is 45.4 Å². The number of nitrogens with two attached hydrogens (primary N) is 1. The molecule has 138 valence electrons. The minimum atomic E-state index is -3.54. The summed E-state index contributed by atoms with van der Waals surface area (Å²) < 4.78 is 27.0. The Morgan fingerprint density at radius 1 is 1.12 bits per heavy atom. The summed E-state index contributed by atoms with van der Waals surface area (Å²) >= 11 is 1.16. The number of sulfonamides is 1. The van der Waals surface area contributed by atoms with E-state index in [4.69, 9.17) is 5.73 Å². The number of amides is 1. The number of nitrogens with one attached hydrogen (secondary N) is 2. The van der Waals surface area contributed by atoms with Gasteiger partial charge in [-0.2, -0.15) is 0 Å². The second-order valence-corrected chi connectivity index (χ2v) is 8.11. The second-order valence-electron chi connectivity index (χ2n) is 5.26. The van der Waals surface area contributed by atoms with E-state index in [0.29, 0.717) is 18.8 Å². The number of halogens is 1. The van der Waals surface area contributed by atoms with Crippen LogP contribution in [0.2, 0.25) is 0 Å². The molecule has 0 saturated heterocycles. The Bertz CT molecular complexity index is 747. The van der Waals surface area contributed by atoms with Crippen LogP contribution in [0.1, 0.15) is 18.4 Å². The monoisotopic (exact) mass is 403 g/mol. The van der Waals surface area contributed by atoms with E-state index in [0.717, 1.165) is 29.7 Å². The van der Waals surface area contributed by atoms with Crippen molar-refractivity contribution in [2.75, 3.05) is 17.8 Å². The lowest BCUT2D eigenvalue weighted by atomic mass is 10.1. The van der Waals surface area contributed by atoms with E-state index in [1.807, 2.05) is 0 Å². The van der Waals surface area contributed by atoms with Crippen LogP contribution in [0.5, 0.6) is 0 Å². The molecule has 0 aliphatic rings. The van der Waals surface area contributed by atoms with Gasteiger partial charge < -0.3 is 11.1 Å². The van der Waals surface area contributed by atoms with Crippen LogP contribution < -0.4 is 15.8 Å². The van der Waals surface area contributed by atoms with Gasteiger partial charge >= 0.3 is 0 Å². The fourth-order valence-corrected chi connectivity index (χ4v) is 4.11. The minimum Gasteiger partial charge on any atom is -0.356 e. The number of benzene rings is 1. The number of hydrogen-bond donors (Lipinski definition) is 3. The molecule has 1 amide bonds. The molecule has 0 fully saturated rings. The molecule has 0 spiro atoms. The van der Waals surface area contributed by atoms with Gasteiger partial charge in [0, 0.05) is 12.2 Å². The van der Waals surface area contributed by atoms with E-state index in [2.05, 4.69) is 10.0 Å². The van der Waals surface area contributed by atoms with Gasteiger partial charge in [-0.15, -0.1) is 23.7 Å². The summed E-state index contributed by atoms with van der Waals surface area (Å²) in [6.07, 6.45) is 2.02. The number of thiophene rings is 1. The summed E-state index contributed by atoms with van der Waals surface area (Å²) in [5, 5.41) is 4.54. The van der Waals surface area contributed by atoms with Crippen LogP contribution in [-0.4, -0.2) is 27.4 Å². The van der Waals surface area contributed by atoms with Gasteiger partial charge in [-0.3, -0.25) is 9.52 Å². The topological polar surface area (TPSA) is 101 Å². The molecule has 6 nitrogen and oxygen atoms in total. The largest absolute Gasteiger partial charge is 0.356 e. The molecule has 1 aromatic carbocycles. The van der Waals surface area contributed by atoms with Crippen molar-refractivity contribution in [3.8, 4) is 0 Å². The number of hydrogen-bond acceptors (Lipinski definition) is 5. The molecule has 0 atom stereocenters. The maximum atomic E-state index is 12.1. The molecule has 25 heavy (non-hydrogen) atoms. The average Bonchev–Trinajstić information content (AvgIpc) is 3.09. The van der Waals surface area contributed by atoms with Gasteiger partial charge in [0.1, 0.15) is 4.21 Å². The first-order chi connectivity index (χ1) is 11.5. The third kappa shape index (κ3) is 7.03. The molecular weight excluding hydrogens is 382 g/mol.